The molecule has 3 aromatic rings. The monoisotopic (exact) mass is 416 g/mol. The Morgan fingerprint density at radius 2 is 1.55 bits per heavy atom. The van der Waals surface area contributed by atoms with Gasteiger partial charge in [-0.1, -0.05) is 30.3 Å². The molecule has 0 aliphatic carbocycles. The van der Waals surface area contributed by atoms with E-state index < -0.39 is 17.5 Å². The quantitative estimate of drug-likeness (QED) is 0.368. The highest BCUT2D eigenvalue weighted by Crippen LogP contribution is 2.49. The van der Waals surface area contributed by atoms with Crippen molar-refractivity contribution in [3.05, 3.63) is 101 Å². The maximum Gasteiger partial charge on any atom is 0.340 e. The summed E-state index contributed by atoms with van der Waals surface area (Å²) in [6.45, 7) is 5.04. The Hall–Kier alpha value is -4.06. The zero-order valence-electron chi connectivity index (χ0n) is 16.8. The Kier molecular flexibility index (Phi) is 4.99. The van der Waals surface area contributed by atoms with Crippen molar-refractivity contribution < 1.29 is 29.3 Å². The van der Waals surface area contributed by atoms with Crippen molar-refractivity contribution in [2.45, 2.75) is 18.9 Å². The average molecular weight is 416 g/mol. The molecule has 2 N–H and O–H groups in total. The van der Waals surface area contributed by atoms with Crippen molar-refractivity contribution in [3.8, 4) is 17.2 Å². The lowest BCUT2D eigenvalue weighted by Gasteiger charge is -2.30. The second-order valence-corrected chi connectivity index (χ2v) is 7.22. The van der Waals surface area contributed by atoms with Crippen LogP contribution in [-0.2, 0) is 21.6 Å². The molecule has 0 unspecified atom stereocenters. The van der Waals surface area contributed by atoms with Crippen molar-refractivity contribution in [1.29, 1.82) is 0 Å². The Balaban J connectivity index is 2.04. The molecule has 0 amide bonds. The molecule has 31 heavy (non-hydrogen) atoms. The molecule has 156 valence electrons. The highest BCUT2D eigenvalue weighted by Gasteiger charge is 2.50. The predicted octanol–water partition coefficient (Wildman–Crippen LogP) is 4.21. The highest BCUT2D eigenvalue weighted by molar-refractivity contribution is 5.99. The van der Waals surface area contributed by atoms with E-state index in [4.69, 9.17) is 9.47 Å². The van der Waals surface area contributed by atoms with Crippen LogP contribution >= 0.6 is 0 Å². The normalized spacial score (nSPS) is 13.9. The van der Waals surface area contributed by atoms with Crippen molar-refractivity contribution in [2.24, 2.45) is 0 Å². The predicted molar refractivity (Wildman–Crippen MR) is 113 cm³/mol. The fourth-order valence-electron chi connectivity index (χ4n) is 3.99. The number of phenolic OH excluding ortho intramolecular Hbond substituents is 2. The lowest BCUT2D eigenvalue weighted by molar-refractivity contribution is -0.131. The summed E-state index contributed by atoms with van der Waals surface area (Å²) in [7, 11) is 0. The summed E-state index contributed by atoms with van der Waals surface area (Å²) in [5.41, 5.74) is 1.31. The molecule has 3 aromatic carbocycles. The number of carbonyl (C=O) groups is 2. The summed E-state index contributed by atoms with van der Waals surface area (Å²) in [5, 5.41) is 19.5. The second-order valence-electron chi connectivity index (χ2n) is 7.22. The fraction of sp³-hybridized carbons (Fsp3) is 0.120. The van der Waals surface area contributed by atoms with Crippen LogP contribution in [0.15, 0.2) is 73.3 Å². The lowest BCUT2D eigenvalue weighted by atomic mass is 9.78. The Labute approximate surface area is 179 Å². The summed E-state index contributed by atoms with van der Waals surface area (Å²) in [6.07, 6.45) is 1.92. The summed E-state index contributed by atoms with van der Waals surface area (Å²) in [6, 6.07) is 16.1. The molecule has 6 heteroatoms. The minimum absolute atomic E-state index is 0.0757. The summed E-state index contributed by atoms with van der Waals surface area (Å²) in [5.74, 6) is -0.643. The first-order chi connectivity index (χ1) is 14.9. The molecule has 1 aliphatic heterocycles. The number of hydrogen-bond donors (Lipinski definition) is 2. The van der Waals surface area contributed by atoms with Gasteiger partial charge in [0.15, 0.2) is 5.60 Å². The number of phenols is 2. The van der Waals surface area contributed by atoms with Gasteiger partial charge in [-0.05, 0) is 42.8 Å². The van der Waals surface area contributed by atoms with Crippen molar-refractivity contribution >= 4 is 11.9 Å². The number of aromatic hydroxyl groups is 2. The first kappa shape index (κ1) is 20.2. The van der Waals surface area contributed by atoms with Gasteiger partial charge in [-0.3, -0.25) is 4.79 Å². The lowest BCUT2D eigenvalue weighted by Crippen LogP contribution is -2.29. The van der Waals surface area contributed by atoms with Crippen LogP contribution in [0.2, 0.25) is 0 Å². The van der Waals surface area contributed by atoms with Crippen LogP contribution in [0.1, 0.15) is 39.5 Å². The van der Waals surface area contributed by atoms with Gasteiger partial charge < -0.3 is 19.7 Å². The average Bonchev–Trinajstić information content (AvgIpc) is 3.04. The smallest absolute Gasteiger partial charge is 0.340 e. The molecule has 0 saturated heterocycles. The minimum atomic E-state index is -1.31. The van der Waals surface area contributed by atoms with E-state index in [1.807, 2.05) is 0 Å². The molecule has 0 bridgehead atoms. The van der Waals surface area contributed by atoms with Crippen LogP contribution in [-0.4, -0.2) is 22.2 Å². The topological polar surface area (TPSA) is 93.1 Å². The van der Waals surface area contributed by atoms with E-state index in [1.54, 1.807) is 42.5 Å². The van der Waals surface area contributed by atoms with E-state index in [-0.39, 0.29) is 17.2 Å². The molecular formula is C25H20O6. The van der Waals surface area contributed by atoms with E-state index in [1.165, 1.54) is 31.2 Å². The van der Waals surface area contributed by atoms with Crippen LogP contribution in [0.3, 0.4) is 0 Å². The molecule has 0 atom stereocenters. The van der Waals surface area contributed by atoms with Gasteiger partial charge in [-0.15, -0.1) is 6.58 Å². The van der Waals surface area contributed by atoms with Gasteiger partial charge in [0, 0.05) is 29.2 Å². The van der Waals surface area contributed by atoms with E-state index in [2.05, 4.69) is 6.58 Å². The number of benzene rings is 3. The van der Waals surface area contributed by atoms with Crippen molar-refractivity contribution in [1.82, 2.24) is 0 Å². The summed E-state index contributed by atoms with van der Waals surface area (Å²) < 4.78 is 11.4. The SMILES string of the molecule is C=CCc1c(OC(C)=O)ccc2c1C(=O)OC2(c1ccc(O)cc1)c1ccc(O)cc1. The first-order valence-electron chi connectivity index (χ1n) is 9.65. The largest absolute Gasteiger partial charge is 0.508 e. The van der Waals surface area contributed by atoms with Gasteiger partial charge in [0.25, 0.3) is 0 Å². The van der Waals surface area contributed by atoms with Crippen molar-refractivity contribution in [2.75, 3.05) is 0 Å². The third-order valence-electron chi connectivity index (χ3n) is 5.25. The minimum Gasteiger partial charge on any atom is -0.508 e. The maximum absolute atomic E-state index is 13.2. The van der Waals surface area contributed by atoms with Gasteiger partial charge in [-0.25, -0.2) is 4.79 Å². The molecule has 4 rings (SSSR count). The second kappa shape index (κ2) is 7.65. The number of carbonyl (C=O) groups excluding carboxylic acids is 2. The number of cyclic esters (lactones) is 1. The van der Waals surface area contributed by atoms with E-state index >= 15 is 0 Å². The number of ether oxygens (including phenoxy) is 2. The number of hydrogen-bond acceptors (Lipinski definition) is 6. The molecule has 0 saturated carbocycles. The summed E-state index contributed by atoms with van der Waals surface area (Å²) in [4.78, 5) is 24.8. The Bertz CT molecular complexity index is 1130. The van der Waals surface area contributed by atoms with E-state index in [0.29, 0.717) is 34.2 Å². The molecule has 0 fully saturated rings. The molecule has 1 aliphatic rings. The van der Waals surface area contributed by atoms with Crippen LogP contribution in [0.4, 0.5) is 0 Å². The summed E-state index contributed by atoms with van der Waals surface area (Å²) >= 11 is 0. The van der Waals surface area contributed by atoms with Crippen LogP contribution in [0.25, 0.3) is 0 Å². The number of esters is 2. The molecule has 6 nitrogen and oxygen atoms in total. The zero-order chi connectivity index (χ0) is 22.2. The van der Waals surface area contributed by atoms with Gasteiger partial charge in [0.1, 0.15) is 17.2 Å². The third kappa shape index (κ3) is 3.32. The van der Waals surface area contributed by atoms with E-state index in [9.17, 15) is 19.8 Å². The third-order valence-corrected chi connectivity index (χ3v) is 5.25. The standard InChI is InChI=1S/C25H20O6/c1-3-4-20-22(30-15(2)26)14-13-21-23(20)24(29)31-25(21,16-5-9-18(27)10-6-16)17-7-11-19(28)12-8-17/h3,5-14,27-28H,1,4H2,2H3. The van der Waals surface area contributed by atoms with Gasteiger partial charge >= 0.3 is 11.9 Å². The molecular weight excluding hydrogens is 396 g/mol. The molecule has 0 radical (unpaired) electrons. The maximum atomic E-state index is 13.2. The first-order valence-corrected chi connectivity index (χ1v) is 9.65. The zero-order valence-corrected chi connectivity index (χ0v) is 16.8. The number of rotatable bonds is 5. The molecule has 1 heterocycles. The van der Waals surface area contributed by atoms with Crippen LogP contribution in [0, 0.1) is 0 Å². The molecule has 0 spiro atoms. The van der Waals surface area contributed by atoms with E-state index in [0.717, 1.165) is 0 Å². The number of allylic oxidation sites excluding steroid dienone is 1. The number of fused-ring (bicyclic) bond motifs is 1. The van der Waals surface area contributed by atoms with Gasteiger partial charge in [0.2, 0.25) is 0 Å². The fourth-order valence-corrected chi connectivity index (χ4v) is 3.99. The Morgan fingerprint density at radius 1 is 1.00 bits per heavy atom. The van der Waals surface area contributed by atoms with Crippen molar-refractivity contribution in [3.63, 3.8) is 0 Å². The van der Waals surface area contributed by atoms with Crippen LogP contribution in [0.5, 0.6) is 17.2 Å². The van der Waals surface area contributed by atoms with Gasteiger partial charge in [-0.2, -0.15) is 0 Å². The molecule has 0 aromatic heterocycles. The van der Waals surface area contributed by atoms with Crippen LogP contribution < -0.4 is 4.74 Å². The van der Waals surface area contributed by atoms with Gasteiger partial charge in [0.05, 0.1) is 5.56 Å². The highest BCUT2D eigenvalue weighted by atomic mass is 16.6. The Morgan fingerprint density at radius 3 is 2.03 bits per heavy atom.